The first-order valence-electron chi connectivity index (χ1n) is 5.64. The van der Waals surface area contributed by atoms with E-state index in [1.54, 1.807) is 0 Å². The van der Waals surface area contributed by atoms with Crippen molar-refractivity contribution in [1.82, 2.24) is 0 Å². The van der Waals surface area contributed by atoms with Gasteiger partial charge in [-0.05, 0) is 12.8 Å². The van der Waals surface area contributed by atoms with Crippen molar-refractivity contribution in [2.45, 2.75) is 64.3 Å². The molecule has 0 heterocycles. The van der Waals surface area contributed by atoms with E-state index in [4.69, 9.17) is 10.8 Å². The van der Waals surface area contributed by atoms with Gasteiger partial charge in [-0.2, -0.15) is 0 Å². The van der Waals surface area contributed by atoms with Gasteiger partial charge in [0.15, 0.2) is 0 Å². The van der Waals surface area contributed by atoms with Gasteiger partial charge < -0.3 is 10.8 Å². The fourth-order valence-corrected chi connectivity index (χ4v) is 1.46. The molecule has 0 aliphatic heterocycles. The number of unbranched alkanes of at least 4 members (excludes halogenated alkanes) is 4. The van der Waals surface area contributed by atoms with Gasteiger partial charge in [0.05, 0.1) is 0 Å². The summed E-state index contributed by atoms with van der Waals surface area (Å²) in [7, 11) is 0. The molecule has 3 heteroatoms. The minimum absolute atomic E-state index is 0.0766. The average molecular weight is 201 g/mol. The third-order valence-corrected chi connectivity index (χ3v) is 2.41. The Hall–Kier alpha value is -0.570. The molecule has 0 aliphatic carbocycles. The molecule has 0 aromatic carbocycles. The summed E-state index contributed by atoms with van der Waals surface area (Å²) in [6, 6.07) is 0.0766. The van der Waals surface area contributed by atoms with E-state index in [-0.39, 0.29) is 12.5 Å². The average Bonchev–Trinajstić information content (AvgIpc) is 2.14. The van der Waals surface area contributed by atoms with E-state index in [0.29, 0.717) is 6.42 Å². The molecule has 0 amide bonds. The van der Waals surface area contributed by atoms with E-state index >= 15 is 0 Å². The van der Waals surface area contributed by atoms with Crippen LogP contribution in [0, 0.1) is 0 Å². The summed E-state index contributed by atoms with van der Waals surface area (Å²) in [5.41, 5.74) is 5.77. The molecule has 0 radical (unpaired) electrons. The Morgan fingerprint density at radius 2 is 1.86 bits per heavy atom. The lowest BCUT2D eigenvalue weighted by Crippen LogP contribution is -2.20. The monoisotopic (exact) mass is 201 g/mol. The van der Waals surface area contributed by atoms with Gasteiger partial charge in [-0.1, -0.05) is 39.0 Å². The second-order valence-electron chi connectivity index (χ2n) is 3.90. The zero-order valence-corrected chi connectivity index (χ0v) is 9.17. The van der Waals surface area contributed by atoms with Crippen LogP contribution in [0.4, 0.5) is 0 Å². The summed E-state index contributed by atoms with van der Waals surface area (Å²) in [6.07, 6.45) is 7.99. The predicted molar refractivity (Wildman–Crippen MR) is 58.2 cm³/mol. The van der Waals surface area contributed by atoms with Crippen molar-refractivity contribution in [1.29, 1.82) is 0 Å². The molecule has 0 bridgehead atoms. The normalized spacial score (nSPS) is 12.7. The standard InChI is InChI=1S/C11H23NO2/c1-2-3-4-5-6-7-10(12)8-9-11(13)14/h10H,2-9,12H2,1H3,(H,13,14). The quantitative estimate of drug-likeness (QED) is 0.563. The van der Waals surface area contributed by atoms with Crippen molar-refractivity contribution in [2.24, 2.45) is 5.73 Å². The first-order valence-corrected chi connectivity index (χ1v) is 5.64. The summed E-state index contributed by atoms with van der Waals surface area (Å²) >= 11 is 0. The fourth-order valence-electron chi connectivity index (χ4n) is 1.46. The van der Waals surface area contributed by atoms with Crippen LogP contribution >= 0.6 is 0 Å². The number of carbonyl (C=O) groups is 1. The van der Waals surface area contributed by atoms with Gasteiger partial charge >= 0.3 is 5.97 Å². The van der Waals surface area contributed by atoms with E-state index in [1.807, 2.05) is 0 Å². The molecule has 1 unspecified atom stereocenters. The van der Waals surface area contributed by atoms with Crippen LogP contribution in [0.15, 0.2) is 0 Å². The van der Waals surface area contributed by atoms with Gasteiger partial charge in [0.2, 0.25) is 0 Å². The summed E-state index contributed by atoms with van der Waals surface area (Å²) in [4.78, 5) is 10.3. The van der Waals surface area contributed by atoms with Crippen molar-refractivity contribution in [3.8, 4) is 0 Å². The number of aliphatic carboxylic acids is 1. The molecule has 0 fully saturated rings. The summed E-state index contributed by atoms with van der Waals surface area (Å²) < 4.78 is 0. The maximum absolute atomic E-state index is 10.3. The van der Waals surface area contributed by atoms with Crippen molar-refractivity contribution < 1.29 is 9.90 Å². The van der Waals surface area contributed by atoms with Crippen molar-refractivity contribution in [3.63, 3.8) is 0 Å². The number of rotatable bonds is 9. The zero-order valence-electron chi connectivity index (χ0n) is 9.17. The predicted octanol–water partition coefficient (Wildman–Crippen LogP) is 2.54. The molecule has 0 saturated heterocycles. The second kappa shape index (κ2) is 9.00. The van der Waals surface area contributed by atoms with Crippen LogP contribution < -0.4 is 5.73 Å². The molecule has 0 saturated carbocycles. The Morgan fingerprint density at radius 1 is 1.21 bits per heavy atom. The highest BCUT2D eigenvalue weighted by Gasteiger charge is 2.04. The highest BCUT2D eigenvalue weighted by molar-refractivity contribution is 5.66. The largest absolute Gasteiger partial charge is 0.481 e. The minimum atomic E-state index is -0.744. The molecule has 1 atom stereocenters. The number of hydrogen-bond donors (Lipinski definition) is 2. The van der Waals surface area contributed by atoms with Crippen LogP contribution in [0.25, 0.3) is 0 Å². The number of carboxylic acids is 1. The summed E-state index contributed by atoms with van der Waals surface area (Å²) in [5, 5.41) is 8.45. The highest BCUT2D eigenvalue weighted by atomic mass is 16.4. The van der Waals surface area contributed by atoms with Gasteiger partial charge in [-0.25, -0.2) is 0 Å². The molecule has 84 valence electrons. The molecule has 3 nitrogen and oxygen atoms in total. The van der Waals surface area contributed by atoms with E-state index in [0.717, 1.165) is 12.8 Å². The van der Waals surface area contributed by atoms with Gasteiger partial charge in [-0.3, -0.25) is 4.79 Å². The Bertz CT molecular complexity index is 148. The lowest BCUT2D eigenvalue weighted by Gasteiger charge is -2.09. The summed E-state index contributed by atoms with van der Waals surface area (Å²) in [6.45, 7) is 2.19. The smallest absolute Gasteiger partial charge is 0.303 e. The maximum atomic E-state index is 10.3. The lowest BCUT2D eigenvalue weighted by molar-refractivity contribution is -0.137. The Morgan fingerprint density at radius 3 is 2.43 bits per heavy atom. The molecule has 3 N–H and O–H groups in total. The van der Waals surface area contributed by atoms with Crippen molar-refractivity contribution in [2.75, 3.05) is 0 Å². The molecule has 0 aliphatic rings. The maximum Gasteiger partial charge on any atom is 0.303 e. The number of nitrogens with two attached hydrogens (primary N) is 1. The molecule has 14 heavy (non-hydrogen) atoms. The highest BCUT2D eigenvalue weighted by Crippen LogP contribution is 2.08. The van der Waals surface area contributed by atoms with E-state index < -0.39 is 5.97 Å². The van der Waals surface area contributed by atoms with Crippen molar-refractivity contribution in [3.05, 3.63) is 0 Å². The Kier molecular flexibility index (Phi) is 8.64. The van der Waals surface area contributed by atoms with Crippen LogP contribution in [-0.2, 0) is 4.79 Å². The van der Waals surface area contributed by atoms with Gasteiger partial charge in [-0.15, -0.1) is 0 Å². The summed E-state index contributed by atoms with van der Waals surface area (Å²) in [5.74, 6) is -0.744. The molecule has 0 aromatic rings. The van der Waals surface area contributed by atoms with Crippen molar-refractivity contribution >= 4 is 5.97 Å². The second-order valence-corrected chi connectivity index (χ2v) is 3.90. The molecule has 0 spiro atoms. The van der Waals surface area contributed by atoms with Crippen LogP contribution in [0.1, 0.15) is 58.3 Å². The van der Waals surface area contributed by atoms with E-state index in [1.165, 1.54) is 25.7 Å². The van der Waals surface area contributed by atoms with Crippen LogP contribution in [0.3, 0.4) is 0 Å². The SMILES string of the molecule is CCCCCCCC(N)CCC(=O)O. The Balaban J connectivity index is 3.18. The number of carboxylic acid groups (broad SMARTS) is 1. The topological polar surface area (TPSA) is 63.3 Å². The molecule has 0 rings (SSSR count). The Labute approximate surface area is 86.7 Å². The van der Waals surface area contributed by atoms with E-state index in [9.17, 15) is 4.79 Å². The lowest BCUT2D eigenvalue weighted by atomic mass is 10.0. The first kappa shape index (κ1) is 13.4. The fraction of sp³-hybridized carbons (Fsp3) is 0.909. The van der Waals surface area contributed by atoms with Crippen LogP contribution in [-0.4, -0.2) is 17.1 Å². The molecular formula is C11H23NO2. The first-order chi connectivity index (χ1) is 6.66. The van der Waals surface area contributed by atoms with Gasteiger partial charge in [0.1, 0.15) is 0 Å². The van der Waals surface area contributed by atoms with Gasteiger partial charge in [0, 0.05) is 12.5 Å². The third-order valence-electron chi connectivity index (χ3n) is 2.41. The van der Waals surface area contributed by atoms with Gasteiger partial charge in [0.25, 0.3) is 0 Å². The third kappa shape index (κ3) is 9.52. The van der Waals surface area contributed by atoms with Crippen LogP contribution in [0.2, 0.25) is 0 Å². The zero-order chi connectivity index (χ0) is 10.8. The van der Waals surface area contributed by atoms with E-state index in [2.05, 4.69) is 6.92 Å². The molecular weight excluding hydrogens is 178 g/mol. The van der Waals surface area contributed by atoms with Crippen LogP contribution in [0.5, 0.6) is 0 Å². The molecule has 0 aromatic heterocycles. The number of hydrogen-bond acceptors (Lipinski definition) is 2. The minimum Gasteiger partial charge on any atom is -0.481 e.